The van der Waals surface area contributed by atoms with Crippen molar-refractivity contribution in [2.24, 2.45) is 4.99 Å². The molecule has 0 radical (unpaired) electrons. The minimum Gasteiger partial charge on any atom is -0.493 e. The van der Waals surface area contributed by atoms with Crippen LogP contribution in [0.3, 0.4) is 0 Å². The molecule has 1 heterocycles. The lowest BCUT2D eigenvalue weighted by molar-refractivity contribution is 0.0996. The number of rotatable bonds is 7. The Labute approximate surface area is 168 Å². The predicted octanol–water partition coefficient (Wildman–Crippen LogP) is 3.81. The highest BCUT2D eigenvalue weighted by atomic mass is 32.1. The van der Waals surface area contributed by atoms with Crippen molar-refractivity contribution in [3.05, 3.63) is 52.3 Å². The van der Waals surface area contributed by atoms with Gasteiger partial charge in [-0.1, -0.05) is 29.0 Å². The number of fused-ring (bicyclic) bond motifs is 1. The third kappa shape index (κ3) is 4.26. The Hall–Kier alpha value is -2.64. The van der Waals surface area contributed by atoms with Crippen LogP contribution in [0, 0.1) is 6.92 Å². The second-order valence-electron chi connectivity index (χ2n) is 6.19. The Morgan fingerprint density at radius 1 is 1.14 bits per heavy atom. The number of aryl methyl sites for hydroxylation is 1. The summed E-state index contributed by atoms with van der Waals surface area (Å²) >= 11 is 1.44. The van der Waals surface area contributed by atoms with Gasteiger partial charge in [0.1, 0.15) is 0 Å². The van der Waals surface area contributed by atoms with Gasteiger partial charge in [0.15, 0.2) is 16.3 Å². The van der Waals surface area contributed by atoms with Crippen LogP contribution in [0.4, 0.5) is 0 Å². The van der Waals surface area contributed by atoms with Gasteiger partial charge in [-0.05, 0) is 26.0 Å². The van der Waals surface area contributed by atoms with Crippen molar-refractivity contribution in [3.63, 3.8) is 0 Å². The number of aromatic nitrogens is 1. The first-order valence-electron chi connectivity index (χ1n) is 9.06. The molecule has 0 aliphatic heterocycles. The minimum atomic E-state index is -0.264. The molecule has 148 valence electrons. The van der Waals surface area contributed by atoms with Crippen molar-refractivity contribution in [2.75, 3.05) is 27.4 Å². The molecule has 0 aliphatic carbocycles. The molecule has 3 rings (SSSR count). The Bertz CT molecular complexity index is 1050. The molecule has 0 atom stereocenters. The highest BCUT2D eigenvalue weighted by Gasteiger charge is 2.14. The molecule has 0 fully saturated rings. The van der Waals surface area contributed by atoms with E-state index in [1.807, 2.05) is 48.7 Å². The lowest BCUT2D eigenvalue weighted by Gasteiger charge is -2.09. The van der Waals surface area contributed by atoms with E-state index in [1.165, 1.54) is 11.3 Å². The average molecular weight is 401 g/mol. The summed E-state index contributed by atoms with van der Waals surface area (Å²) in [6.07, 6.45) is 0. The average Bonchev–Trinajstić information content (AvgIpc) is 3.03. The van der Waals surface area contributed by atoms with Crippen LogP contribution in [0.15, 0.2) is 41.4 Å². The predicted molar refractivity (Wildman–Crippen MR) is 110 cm³/mol. The van der Waals surface area contributed by atoms with Gasteiger partial charge in [-0.2, -0.15) is 4.99 Å². The molecule has 3 aromatic rings. The van der Waals surface area contributed by atoms with E-state index >= 15 is 0 Å². The summed E-state index contributed by atoms with van der Waals surface area (Å²) < 4.78 is 19.3. The topological polar surface area (TPSA) is 62.1 Å². The maximum Gasteiger partial charge on any atom is 0.279 e. The van der Waals surface area contributed by atoms with Crippen molar-refractivity contribution in [2.45, 2.75) is 20.4 Å². The van der Waals surface area contributed by atoms with Crippen molar-refractivity contribution in [1.82, 2.24) is 4.57 Å². The third-order valence-electron chi connectivity index (χ3n) is 4.31. The molecule has 0 unspecified atom stereocenters. The molecule has 0 spiro atoms. The first-order chi connectivity index (χ1) is 13.6. The van der Waals surface area contributed by atoms with Crippen LogP contribution in [0.2, 0.25) is 0 Å². The largest absolute Gasteiger partial charge is 0.493 e. The van der Waals surface area contributed by atoms with Gasteiger partial charge in [-0.3, -0.25) is 4.79 Å². The Morgan fingerprint density at radius 3 is 2.57 bits per heavy atom. The summed E-state index contributed by atoms with van der Waals surface area (Å²) in [7, 11) is 3.21. The van der Waals surface area contributed by atoms with E-state index in [0.29, 0.717) is 41.6 Å². The smallest absolute Gasteiger partial charge is 0.279 e. The second kappa shape index (κ2) is 9.03. The van der Waals surface area contributed by atoms with Gasteiger partial charge in [0.2, 0.25) is 0 Å². The molecule has 7 heteroatoms. The zero-order chi connectivity index (χ0) is 20.1. The third-order valence-corrected chi connectivity index (χ3v) is 5.35. The summed E-state index contributed by atoms with van der Waals surface area (Å²) in [5.41, 5.74) is 2.53. The van der Waals surface area contributed by atoms with Crippen molar-refractivity contribution < 1.29 is 19.0 Å². The van der Waals surface area contributed by atoms with Gasteiger partial charge in [0, 0.05) is 30.8 Å². The number of carbonyl (C=O) groups excluding carboxylic acids is 1. The first-order valence-corrected chi connectivity index (χ1v) is 9.87. The molecule has 1 aromatic heterocycles. The molecule has 1 amide bonds. The van der Waals surface area contributed by atoms with E-state index in [1.54, 1.807) is 20.3 Å². The van der Waals surface area contributed by atoms with Gasteiger partial charge in [-0.25, -0.2) is 0 Å². The number of nitrogens with zero attached hydrogens (tertiary/aromatic N) is 2. The SMILES string of the molecule is CCOCCn1c(=NC(=O)c2cccc(C)c2)sc2cc(OC)c(OC)cc21. The molecular formula is C21H24N2O4S. The zero-order valence-electron chi connectivity index (χ0n) is 16.5. The van der Waals surface area contributed by atoms with Crippen LogP contribution < -0.4 is 14.3 Å². The van der Waals surface area contributed by atoms with Crippen LogP contribution in [-0.2, 0) is 11.3 Å². The first kappa shape index (κ1) is 20.1. The second-order valence-corrected chi connectivity index (χ2v) is 7.20. The number of thiazole rings is 1. The van der Waals surface area contributed by atoms with Crippen LogP contribution in [0.5, 0.6) is 11.5 Å². The molecular weight excluding hydrogens is 376 g/mol. The van der Waals surface area contributed by atoms with E-state index < -0.39 is 0 Å². The van der Waals surface area contributed by atoms with Crippen molar-refractivity contribution >= 4 is 27.5 Å². The maximum absolute atomic E-state index is 12.7. The van der Waals surface area contributed by atoms with E-state index in [-0.39, 0.29) is 5.91 Å². The van der Waals surface area contributed by atoms with Gasteiger partial charge >= 0.3 is 0 Å². The lowest BCUT2D eigenvalue weighted by atomic mass is 10.1. The summed E-state index contributed by atoms with van der Waals surface area (Å²) in [4.78, 5) is 17.7. The number of methoxy groups -OCH3 is 2. The normalized spacial score (nSPS) is 11.8. The van der Waals surface area contributed by atoms with Crippen LogP contribution in [-0.4, -0.2) is 37.9 Å². The van der Waals surface area contributed by atoms with Gasteiger partial charge < -0.3 is 18.8 Å². The summed E-state index contributed by atoms with van der Waals surface area (Å²) in [5, 5.41) is 0. The summed E-state index contributed by atoms with van der Waals surface area (Å²) in [6.45, 7) is 5.66. The molecule has 2 aromatic carbocycles. The molecule has 0 saturated heterocycles. The fraction of sp³-hybridized carbons (Fsp3) is 0.333. The monoisotopic (exact) mass is 400 g/mol. The van der Waals surface area contributed by atoms with Crippen LogP contribution in [0.25, 0.3) is 10.2 Å². The van der Waals surface area contributed by atoms with E-state index in [9.17, 15) is 4.79 Å². The quantitative estimate of drug-likeness (QED) is 0.566. The van der Waals surface area contributed by atoms with E-state index in [0.717, 1.165) is 15.8 Å². The fourth-order valence-electron chi connectivity index (χ4n) is 2.93. The Balaban J connectivity index is 2.13. The number of hydrogen-bond acceptors (Lipinski definition) is 5. The van der Waals surface area contributed by atoms with Crippen molar-refractivity contribution in [3.8, 4) is 11.5 Å². The van der Waals surface area contributed by atoms with Crippen LogP contribution in [0.1, 0.15) is 22.8 Å². The summed E-state index contributed by atoms with van der Waals surface area (Å²) in [5.74, 6) is 1.01. The van der Waals surface area contributed by atoms with Crippen LogP contribution >= 0.6 is 11.3 Å². The van der Waals surface area contributed by atoms with E-state index in [2.05, 4.69) is 4.99 Å². The minimum absolute atomic E-state index is 0.264. The van der Waals surface area contributed by atoms with Gasteiger partial charge in [0.05, 0.1) is 31.0 Å². The highest BCUT2D eigenvalue weighted by Crippen LogP contribution is 2.33. The highest BCUT2D eigenvalue weighted by molar-refractivity contribution is 7.16. The maximum atomic E-state index is 12.7. The fourth-order valence-corrected chi connectivity index (χ4v) is 3.99. The number of hydrogen-bond donors (Lipinski definition) is 0. The standard InChI is InChI=1S/C21H24N2O4S/c1-5-27-10-9-23-16-12-17(25-3)18(26-4)13-19(16)28-21(23)22-20(24)15-8-6-7-14(2)11-15/h6-8,11-13H,5,9-10H2,1-4H3. The number of amides is 1. The van der Waals surface area contributed by atoms with E-state index in [4.69, 9.17) is 14.2 Å². The zero-order valence-corrected chi connectivity index (χ0v) is 17.3. The number of benzene rings is 2. The molecule has 0 bridgehead atoms. The van der Waals surface area contributed by atoms with Gasteiger partial charge in [0.25, 0.3) is 5.91 Å². The molecule has 6 nitrogen and oxygen atoms in total. The lowest BCUT2D eigenvalue weighted by Crippen LogP contribution is -2.19. The molecule has 28 heavy (non-hydrogen) atoms. The number of carbonyl (C=O) groups is 1. The molecule has 0 aliphatic rings. The Kier molecular flexibility index (Phi) is 6.49. The van der Waals surface area contributed by atoms with Gasteiger partial charge in [-0.15, -0.1) is 0 Å². The molecule has 0 saturated carbocycles. The molecule has 0 N–H and O–H groups in total. The summed E-state index contributed by atoms with van der Waals surface area (Å²) in [6, 6.07) is 11.3. The number of ether oxygens (including phenoxy) is 3. The Morgan fingerprint density at radius 2 is 1.89 bits per heavy atom. The van der Waals surface area contributed by atoms with Crippen molar-refractivity contribution in [1.29, 1.82) is 0 Å².